The molecule has 0 rings (SSSR count). The summed E-state index contributed by atoms with van der Waals surface area (Å²) in [6.45, 7) is 5.38. The standard InChI is InChI=1S/C20H44O2S/c1-20(2)16-13-11-9-7-5-6-8-10-12-14-18-23(4,21)19-15-17-22-3/h20,23H,5-19H2,1-4H3. The van der Waals surface area contributed by atoms with Crippen LogP contribution in [0.5, 0.6) is 0 Å². The number of rotatable bonds is 17. The molecule has 2 nitrogen and oxygen atoms in total. The van der Waals surface area contributed by atoms with Gasteiger partial charge in [-0.15, -0.1) is 9.93 Å². The topological polar surface area (TPSA) is 26.3 Å². The molecule has 0 N–H and O–H groups in total. The summed E-state index contributed by atoms with van der Waals surface area (Å²) in [5, 5.41) is 0. The number of methoxy groups -OCH3 is 1. The minimum Gasteiger partial charge on any atom is -0.385 e. The van der Waals surface area contributed by atoms with E-state index in [2.05, 4.69) is 13.8 Å². The Morgan fingerprint density at radius 3 is 1.65 bits per heavy atom. The minimum atomic E-state index is -1.89. The van der Waals surface area contributed by atoms with Crippen LogP contribution in [0.1, 0.15) is 90.9 Å². The average molecular weight is 349 g/mol. The predicted molar refractivity (Wildman–Crippen MR) is 107 cm³/mol. The van der Waals surface area contributed by atoms with E-state index in [1.807, 2.05) is 6.26 Å². The maximum Gasteiger partial charge on any atom is 0.0470 e. The molecule has 0 bridgehead atoms. The Hall–Kier alpha value is 0.110. The molecule has 0 radical (unpaired) electrons. The van der Waals surface area contributed by atoms with Gasteiger partial charge in [-0.1, -0.05) is 78.1 Å². The molecule has 0 aromatic heterocycles. The van der Waals surface area contributed by atoms with Crippen LogP contribution in [0.15, 0.2) is 0 Å². The van der Waals surface area contributed by atoms with E-state index in [9.17, 15) is 4.21 Å². The van der Waals surface area contributed by atoms with Crippen molar-refractivity contribution in [1.82, 2.24) is 0 Å². The fourth-order valence-electron chi connectivity index (χ4n) is 3.07. The first-order valence-corrected chi connectivity index (χ1v) is 12.5. The normalized spacial score (nSPS) is 12.9. The number of thiol groups is 1. The molecule has 0 aliphatic heterocycles. The van der Waals surface area contributed by atoms with Crippen molar-refractivity contribution in [2.24, 2.45) is 5.92 Å². The molecule has 0 aliphatic carbocycles. The van der Waals surface area contributed by atoms with E-state index in [1.165, 1.54) is 64.2 Å². The van der Waals surface area contributed by atoms with Crippen LogP contribution >= 0.6 is 0 Å². The lowest BCUT2D eigenvalue weighted by atomic mass is 10.0. The summed E-state index contributed by atoms with van der Waals surface area (Å²) in [7, 11) is -0.172. The second-order valence-corrected chi connectivity index (χ2v) is 11.3. The van der Waals surface area contributed by atoms with Gasteiger partial charge in [-0.2, -0.15) is 0 Å². The largest absolute Gasteiger partial charge is 0.385 e. The summed E-state index contributed by atoms with van der Waals surface area (Å²) < 4.78 is 17.4. The van der Waals surface area contributed by atoms with Crippen LogP contribution in [0.3, 0.4) is 0 Å². The molecule has 0 amide bonds. The van der Waals surface area contributed by atoms with Crippen LogP contribution in [0.2, 0.25) is 0 Å². The van der Waals surface area contributed by atoms with E-state index in [0.717, 1.165) is 36.9 Å². The molecular weight excluding hydrogens is 304 g/mol. The quantitative estimate of drug-likeness (QED) is 0.273. The highest BCUT2D eigenvalue weighted by Crippen LogP contribution is 2.14. The monoisotopic (exact) mass is 348 g/mol. The molecule has 0 spiro atoms. The van der Waals surface area contributed by atoms with Gasteiger partial charge in [0.15, 0.2) is 0 Å². The van der Waals surface area contributed by atoms with Gasteiger partial charge in [0.2, 0.25) is 0 Å². The van der Waals surface area contributed by atoms with Gasteiger partial charge in [0.25, 0.3) is 0 Å². The Morgan fingerprint density at radius 2 is 1.17 bits per heavy atom. The zero-order valence-electron chi connectivity index (χ0n) is 16.4. The van der Waals surface area contributed by atoms with E-state index in [0.29, 0.717) is 0 Å². The Kier molecular flexibility index (Phi) is 15.7. The number of hydrogen-bond donors (Lipinski definition) is 1. The molecule has 0 atom stereocenters. The van der Waals surface area contributed by atoms with Crippen LogP contribution in [0.4, 0.5) is 0 Å². The van der Waals surface area contributed by atoms with Gasteiger partial charge >= 0.3 is 0 Å². The Balaban J connectivity index is 3.25. The van der Waals surface area contributed by atoms with Gasteiger partial charge in [-0.3, -0.25) is 4.21 Å². The molecule has 0 saturated carbocycles. The molecule has 0 heterocycles. The van der Waals surface area contributed by atoms with Gasteiger partial charge in [0.1, 0.15) is 0 Å². The van der Waals surface area contributed by atoms with Gasteiger partial charge < -0.3 is 4.74 Å². The average Bonchev–Trinajstić information content (AvgIpc) is 2.48. The lowest BCUT2D eigenvalue weighted by Crippen LogP contribution is -2.20. The molecule has 142 valence electrons. The van der Waals surface area contributed by atoms with Gasteiger partial charge in [-0.05, 0) is 25.0 Å². The van der Waals surface area contributed by atoms with Crippen molar-refractivity contribution >= 4 is 9.93 Å². The molecule has 0 aliphatic rings. The third-order valence-electron chi connectivity index (χ3n) is 4.64. The summed E-state index contributed by atoms with van der Waals surface area (Å²) in [6.07, 6.45) is 17.9. The van der Waals surface area contributed by atoms with E-state index in [-0.39, 0.29) is 0 Å². The van der Waals surface area contributed by atoms with Crippen LogP contribution in [0, 0.1) is 5.92 Å². The smallest absolute Gasteiger partial charge is 0.0470 e. The third-order valence-corrected chi connectivity index (χ3v) is 7.17. The van der Waals surface area contributed by atoms with Crippen molar-refractivity contribution in [2.75, 3.05) is 31.5 Å². The van der Waals surface area contributed by atoms with Crippen LogP contribution in [-0.2, 0) is 14.7 Å². The summed E-state index contributed by atoms with van der Waals surface area (Å²) in [5.74, 6) is 2.66. The SMILES string of the molecule is COCCC[SH](C)(=O)CCCCCCCCCCCCC(C)C. The second-order valence-electron chi connectivity index (χ2n) is 7.81. The number of hydrogen-bond acceptors (Lipinski definition) is 2. The van der Waals surface area contributed by atoms with Crippen molar-refractivity contribution < 1.29 is 8.95 Å². The van der Waals surface area contributed by atoms with E-state index < -0.39 is 9.93 Å². The summed E-state index contributed by atoms with van der Waals surface area (Å²) in [6, 6.07) is 0. The fraction of sp³-hybridized carbons (Fsp3) is 1.00. The van der Waals surface area contributed by atoms with Crippen molar-refractivity contribution in [1.29, 1.82) is 0 Å². The van der Waals surface area contributed by atoms with Gasteiger partial charge in [0, 0.05) is 25.2 Å². The first kappa shape index (κ1) is 23.1. The first-order valence-electron chi connectivity index (χ1n) is 10.0. The van der Waals surface area contributed by atoms with Crippen molar-refractivity contribution in [3.63, 3.8) is 0 Å². The molecular formula is C20H44O2S. The molecule has 0 aromatic rings. The highest BCUT2D eigenvalue weighted by atomic mass is 32.2. The third kappa shape index (κ3) is 18.3. The van der Waals surface area contributed by atoms with Crippen molar-refractivity contribution in [3.05, 3.63) is 0 Å². The zero-order chi connectivity index (χ0) is 17.4. The number of unbranched alkanes of at least 4 members (excludes halogenated alkanes) is 9. The Morgan fingerprint density at radius 1 is 0.739 bits per heavy atom. The highest BCUT2D eigenvalue weighted by molar-refractivity contribution is 8.02. The van der Waals surface area contributed by atoms with E-state index in [1.54, 1.807) is 7.11 Å². The maximum absolute atomic E-state index is 12.3. The summed E-state index contributed by atoms with van der Waals surface area (Å²) >= 11 is 0. The molecule has 0 unspecified atom stereocenters. The lowest BCUT2D eigenvalue weighted by molar-refractivity contribution is 0.199. The lowest BCUT2D eigenvalue weighted by Gasteiger charge is -2.17. The highest BCUT2D eigenvalue weighted by Gasteiger charge is 2.07. The Labute approximate surface area is 147 Å². The summed E-state index contributed by atoms with van der Waals surface area (Å²) in [4.78, 5) is 0. The van der Waals surface area contributed by atoms with Crippen molar-refractivity contribution in [2.45, 2.75) is 90.9 Å². The Bertz CT molecular complexity index is 289. The van der Waals surface area contributed by atoms with E-state index >= 15 is 0 Å². The second kappa shape index (κ2) is 15.6. The summed E-state index contributed by atoms with van der Waals surface area (Å²) in [5.41, 5.74) is 0. The minimum absolute atomic E-state index is 0.745. The van der Waals surface area contributed by atoms with E-state index in [4.69, 9.17) is 4.74 Å². The molecule has 0 aromatic carbocycles. The molecule has 0 fully saturated rings. The van der Waals surface area contributed by atoms with Crippen LogP contribution in [-0.4, -0.2) is 35.7 Å². The molecule has 3 heteroatoms. The number of ether oxygens (including phenoxy) is 1. The van der Waals surface area contributed by atoms with Gasteiger partial charge in [-0.25, -0.2) is 0 Å². The molecule has 0 saturated heterocycles. The van der Waals surface area contributed by atoms with Crippen LogP contribution < -0.4 is 0 Å². The maximum atomic E-state index is 12.3. The zero-order valence-corrected chi connectivity index (χ0v) is 17.3. The molecule has 23 heavy (non-hydrogen) atoms. The van der Waals surface area contributed by atoms with Crippen LogP contribution in [0.25, 0.3) is 0 Å². The van der Waals surface area contributed by atoms with Gasteiger partial charge in [0.05, 0.1) is 0 Å². The fourth-order valence-corrected chi connectivity index (χ4v) is 4.98. The first-order chi connectivity index (χ1) is 11.0. The van der Waals surface area contributed by atoms with Crippen molar-refractivity contribution in [3.8, 4) is 0 Å². The predicted octanol–water partition coefficient (Wildman–Crippen LogP) is 5.62.